The molecule has 0 atom stereocenters. The van der Waals surface area contributed by atoms with Gasteiger partial charge in [-0.3, -0.25) is 0 Å². The van der Waals surface area contributed by atoms with Gasteiger partial charge in [-0.1, -0.05) is 18.8 Å². The van der Waals surface area contributed by atoms with Gasteiger partial charge in [0.25, 0.3) is 0 Å². The fourth-order valence-electron chi connectivity index (χ4n) is 1.07. The second-order valence-corrected chi connectivity index (χ2v) is 2.50. The third kappa shape index (κ3) is 1.98. The molecule has 0 radical (unpaired) electrons. The van der Waals surface area contributed by atoms with Gasteiger partial charge in [0.1, 0.15) is 0 Å². The number of aromatic nitrogens is 1. The molecule has 5 nitrogen and oxygen atoms in total. The molecular formula is C7H11N3O2. The lowest BCUT2D eigenvalue weighted by Crippen LogP contribution is -2.09. The van der Waals surface area contributed by atoms with Crippen molar-refractivity contribution in [3.8, 4) is 0 Å². The lowest BCUT2D eigenvalue weighted by atomic mass is 10.2. The summed E-state index contributed by atoms with van der Waals surface area (Å²) in [5, 5.41) is 9.53. The average molecular weight is 169 g/mol. The van der Waals surface area contributed by atoms with Gasteiger partial charge in [-0.05, 0) is 18.1 Å². The Morgan fingerprint density at radius 2 is 2.50 bits per heavy atom. The predicted octanol–water partition coefficient (Wildman–Crippen LogP) is 1.57. The molecule has 1 rings (SSSR count). The summed E-state index contributed by atoms with van der Waals surface area (Å²) >= 11 is 0. The molecule has 0 fully saturated rings. The molecule has 0 aliphatic carbocycles. The maximum Gasteiger partial charge on any atom is 0.172 e. The summed E-state index contributed by atoms with van der Waals surface area (Å²) in [5.41, 5.74) is 3.06. The van der Waals surface area contributed by atoms with E-state index in [0.29, 0.717) is 5.82 Å². The zero-order valence-electron chi connectivity index (χ0n) is 6.83. The van der Waals surface area contributed by atoms with Crippen LogP contribution in [0.25, 0.3) is 0 Å². The van der Waals surface area contributed by atoms with Crippen LogP contribution in [0.2, 0.25) is 0 Å². The molecule has 0 amide bonds. The predicted molar refractivity (Wildman–Crippen MR) is 45.4 cm³/mol. The highest BCUT2D eigenvalue weighted by atomic mass is 16.7. The molecule has 1 aromatic heterocycles. The highest BCUT2D eigenvalue weighted by Crippen LogP contribution is 2.14. The summed E-state index contributed by atoms with van der Waals surface area (Å²) < 4.78 is 0. The van der Waals surface area contributed by atoms with Crippen LogP contribution in [0.4, 0.5) is 5.82 Å². The van der Waals surface area contributed by atoms with Crippen molar-refractivity contribution in [2.75, 3.05) is 5.43 Å². The first-order chi connectivity index (χ1) is 5.74. The Morgan fingerprint density at radius 1 is 1.75 bits per heavy atom. The Kier molecular flexibility index (Phi) is 2.68. The lowest BCUT2D eigenvalue weighted by Gasteiger charge is -1.97. The number of nitrogens with one attached hydrogen (secondary N) is 2. The van der Waals surface area contributed by atoms with E-state index in [0.717, 1.165) is 18.4 Å². The average Bonchev–Trinajstić information content (AvgIpc) is 2.37. The summed E-state index contributed by atoms with van der Waals surface area (Å²) in [4.78, 5) is 12.9. The van der Waals surface area contributed by atoms with E-state index in [2.05, 4.69) is 10.4 Å². The van der Waals surface area contributed by atoms with Gasteiger partial charge in [0.15, 0.2) is 10.9 Å². The molecule has 12 heavy (non-hydrogen) atoms. The maximum atomic E-state index is 10.1. The smallest absolute Gasteiger partial charge is 0.172 e. The van der Waals surface area contributed by atoms with Crippen molar-refractivity contribution in [2.24, 2.45) is 0 Å². The fraction of sp³-hybridized carbons (Fsp3) is 0.429. The van der Waals surface area contributed by atoms with Crippen LogP contribution in [0, 0.1) is 10.1 Å². The molecule has 0 saturated heterocycles. The van der Waals surface area contributed by atoms with Gasteiger partial charge < -0.3 is 4.98 Å². The zero-order chi connectivity index (χ0) is 8.97. The van der Waals surface area contributed by atoms with Crippen LogP contribution in [-0.2, 0) is 6.42 Å². The number of hydrogen-bond acceptors (Lipinski definition) is 2. The van der Waals surface area contributed by atoms with E-state index in [-0.39, 0.29) is 0 Å². The van der Waals surface area contributed by atoms with Crippen LogP contribution in [0.1, 0.15) is 18.9 Å². The summed E-state index contributed by atoms with van der Waals surface area (Å²) in [6, 6.07) is 1.84. The zero-order valence-corrected chi connectivity index (χ0v) is 6.83. The van der Waals surface area contributed by atoms with Gasteiger partial charge in [0.2, 0.25) is 0 Å². The van der Waals surface area contributed by atoms with Gasteiger partial charge in [-0.25, -0.2) is 10.1 Å². The second kappa shape index (κ2) is 3.75. The number of anilines is 1. The number of hydrazine groups is 1. The van der Waals surface area contributed by atoms with Crippen molar-refractivity contribution < 1.29 is 5.03 Å². The van der Waals surface area contributed by atoms with Crippen LogP contribution in [-0.4, -0.2) is 10.0 Å². The standard InChI is InChI=1S/C7H11N3O2/c1-2-3-6-4-5-8-7(6)9-10(11)12/h4-5,8-9H,2-3H2,1H3. The maximum absolute atomic E-state index is 10.1. The van der Waals surface area contributed by atoms with Gasteiger partial charge in [0.05, 0.1) is 0 Å². The minimum absolute atomic E-state index is 0.488. The van der Waals surface area contributed by atoms with Crippen molar-refractivity contribution >= 4 is 5.82 Å². The molecular weight excluding hydrogens is 158 g/mol. The number of nitrogens with zero attached hydrogens (tertiary/aromatic N) is 1. The molecule has 0 spiro atoms. The number of nitro groups is 1. The van der Waals surface area contributed by atoms with Crippen molar-refractivity contribution in [1.29, 1.82) is 0 Å². The van der Waals surface area contributed by atoms with E-state index in [1.165, 1.54) is 0 Å². The minimum Gasteiger partial charge on any atom is -0.344 e. The molecule has 0 aliphatic rings. The van der Waals surface area contributed by atoms with Crippen molar-refractivity contribution in [2.45, 2.75) is 19.8 Å². The van der Waals surface area contributed by atoms with Crippen molar-refractivity contribution in [3.05, 3.63) is 27.9 Å². The van der Waals surface area contributed by atoms with Gasteiger partial charge in [-0.2, -0.15) is 0 Å². The largest absolute Gasteiger partial charge is 0.344 e. The Balaban J connectivity index is 2.69. The van der Waals surface area contributed by atoms with E-state index in [9.17, 15) is 10.1 Å². The lowest BCUT2D eigenvalue weighted by molar-refractivity contribution is -0.445. The van der Waals surface area contributed by atoms with E-state index in [4.69, 9.17) is 0 Å². The molecule has 0 aliphatic heterocycles. The first kappa shape index (κ1) is 8.58. The van der Waals surface area contributed by atoms with Crippen molar-refractivity contribution in [1.82, 2.24) is 4.98 Å². The highest BCUT2D eigenvalue weighted by molar-refractivity contribution is 5.42. The van der Waals surface area contributed by atoms with Crippen molar-refractivity contribution in [3.63, 3.8) is 0 Å². The summed E-state index contributed by atoms with van der Waals surface area (Å²) in [7, 11) is 0. The number of aryl methyl sites for hydroxylation is 1. The van der Waals surface area contributed by atoms with E-state index >= 15 is 0 Å². The number of hydrogen-bond donors (Lipinski definition) is 2. The summed E-state index contributed by atoms with van der Waals surface area (Å²) in [6.45, 7) is 2.03. The Hall–Kier alpha value is -1.52. The topological polar surface area (TPSA) is 71.0 Å². The monoisotopic (exact) mass is 169 g/mol. The first-order valence-electron chi connectivity index (χ1n) is 3.81. The fourth-order valence-corrected chi connectivity index (χ4v) is 1.07. The third-order valence-electron chi connectivity index (χ3n) is 1.56. The molecule has 0 bridgehead atoms. The van der Waals surface area contributed by atoms with Crippen LogP contribution in [0.15, 0.2) is 12.3 Å². The Bertz CT molecular complexity index is 269. The van der Waals surface area contributed by atoms with E-state index in [1.54, 1.807) is 6.20 Å². The third-order valence-corrected chi connectivity index (χ3v) is 1.56. The molecule has 1 aromatic rings. The number of aromatic amines is 1. The Morgan fingerprint density at radius 3 is 3.08 bits per heavy atom. The minimum atomic E-state index is -0.564. The summed E-state index contributed by atoms with van der Waals surface area (Å²) in [6.07, 6.45) is 3.51. The van der Waals surface area contributed by atoms with Gasteiger partial charge in [0, 0.05) is 6.20 Å². The number of H-pyrrole nitrogens is 1. The number of rotatable bonds is 4. The van der Waals surface area contributed by atoms with E-state index in [1.807, 2.05) is 13.0 Å². The van der Waals surface area contributed by atoms with E-state index < -0.39 is 5.03 Å². The molecule has 0 aromatic carbocycles. The molecule has 0 saturated carbocycles. The highest BCUT2D eigenvalue weighted by Gasteiger charge is 2.06. The molecule has 5 heteroatoms. The molecule has 0 unspecified atom stereocenters. The van der Waals surface area contributed by atoms with Crippen LogP contribution >= 0.6 is 0 Å². The molecule has 1 heterocycles. The molecule has 66 valence electrons. The van der Waals surface area contributed by atoms with Crippen LogP contribution in [0.3, 0.4) is 0 Å². The van der Waals surface area contributed by atoms with Crippen LogP contribution < -0.4 is 5.43 Å². The van der Waals surface area contributed by atoms with Gasteiger partial charge >= 0.3 is 0 Å². The molecule has 2 N–H and O–H groups in total. The normalized spacial score (nSPS) is 9.75. The second-order valence-electron chi connectivity index (χ2n) is 2.50. The Labute approximate surface area is 69.9 Å². The SMILES string of the molecule is CCCc1cc[nH]c1N[N+](=O)[O-]. The first-order valence-corrected chi connectivity index (χ1v) is 3.81. The quantitative estimate of drug-likeness (QED) is 0.530. The van der Waals surface area contributed by atoms with Gasteiger partial charge in [-0.15, -0.1) is 0 Å². The van der Waals surface area contributed by atoms with Crippen LogP contribution in [0.5, 0.6) is 0 Å². The summed E-state index contributed by atoms with van der Waals surface area (Å²) in [5.74, 6) is 0.488.